The molecule has 22 heavy (non-hydrogen) atoms. The van der Waals surface area contributed by atoms with Gasteiger partial charge in [-0.15, -0.1) is 11.3 Å². The molecule has 6 heteroatoms. The third-order valence-corrected chi connectivity index (χ3v) is 4.12. The van der Waals surface area contributed by atoms with Crippen LogP contribution in [0.25, 0.3) is 10.8 Å². The molecule has 0 unspecified atom stereocenters. The monoisotopic (exact) mass is 317 g/mol. The van der Waals surface area contributed by atoms with Crippen LogP contribution in [0.1, 0.15) is 15.4 Å². The number of hydrogen-bond acceptors (Lipinski definition) is 4. The Balaban J connectivity index is 1.77. The number of benzene rings is 1. The van der Waals surface area contributed by atoms with Gasteiger partial charge in [-0.2, -0.15) is 0 Å². The number of fused-ring (bicyclic) bond motifs is 1. The Labute approximate surface area is 129 Å². The standard InChI is InChI=1S/C16H12FNO3S/c17-11-3-4-13-10(8-11)9-14(21-16(13)20)15(19)18-6-5-12-2-1-7-22-12/h1-4,7-9H,5-6H2,(H,18,19). The molecular weight excluding hydrogens is 305 g/mol. The molecule has 112 valence electrons. The highest BCUT2D eigenvalue weighted by atomic mass is 32.1. The van der Waals surface area contributed by atoms with E-state index >= 15 is 0 Å². The summed E-state index contributed by atoms with van der Waals surface area (Å²) in [5.41, 5.74) is -0.652. The highest BCUT2D eigenvalue weighted by Gasteiger charge is 2.12. The largest absolute Gasteiger partial charge is 0.417 e. The number of amides is 1. The number of halogens is 1. The van der Waals surface area contributed by atoms with Gasteiger partial charge >= 0.3 is 5.63 Å². The highest BCUT2D eigenvalue weighted by molar-refractivity contribution is 7.09. The molecule has 0 fully saturated rings. The zero-order valence-corrected chi connectivity index (χ0v) is 12.3. The number of carbonyl (C=O) groups excluding carboxylic acids is 1. The van der Waals surface area contributed by atoms with Gasteiger partial charge in [0.25, 0.3) is 5.91 Å². The van der Waals surface area contributed by atoms with Gasteiger partial charge in [0.15, 0.2) is 5.76 Å². The highest BCUT2D eigenvalue weighted by Crippen LogP contribution is 2.14. The molecule has 2 heterocycles. The van der Waals surface area contributed by atoms with E-state index in [4.69, 9.17) is 4.42 Å². The van der Waals surface area contributed by atoms with Gasteiger partial charge in [0.2, 0.25) is 0 Å². The molecule has 0 saturated heterocycles. The smallest absolute Gasteiger partial charge is 0.344 e. The quantitative estimate of drug-likeness (QED) is 0.805. The summed E-state index contributed by atoms with van der Waals surface area (Å²) in [7, 11) is 0. The van der Waals surface area contributed by atoms with E-state index < -0.39 is 17.3 Å². The predicted octanol–water partition coefficient (Wildman–Crippen LogP) is 2.97. The second kappa shape index (κ2) is 6.11. The van der Waals surface area contributed by atoms with Gasteiger partial charge in [0.05, 0.1) is 5.39 Å². The van der Waals surface area contributed by atoms with E-state index in [0.29, 0.717) is 18.4 Å². The van der Waals surface area contributed by atoms with Gasteiger partial charge in [-0.3, -0.25) is 4.79 Å². The molecule has 3 aromatic rings. The first-order chi connectivity index (χ1) is 10.6. The van der Waals surface area contributed by atoms with E-state index in [-0.39, 0.29) is 11.1 Å². The number of rotatable bonds is 4. The average Bonchev–Trinajstić information content (AvgIpc) is 2.99. The van der Waals surface area contributed by atoms with Crippen molar-refractivity contribution < 1.29 is 13.6 Å². The van der Waals surface area contributed by atoms with Crippen LogP contribution in [0, 0.1) is 5.82 Å². The lowest BCUT2D eigenvalue weighted by atomic mass is 10.1. The van der Waals surface area contributed by atoms with Crippen LogP contribution >= 0.6 is 11.3 Å². The fourth-order valence-corrected chi connectivity index (χ4v) is 2.83. The lowest BCUT2D eigenvalue weighted by molar-refractivity contribution is 0.0922. The third-order valence-electron chi connectivity index (χ3n) is 3.18. The van der Waals surface area contributed by atoms with Crippen molar-refractivity contribution >= 4 is 28.0 Å². The molecule has 0 saturated carbocycles. The van der Waals surface area contributed by atoms with Crippen molar-refractivity contribution in [3.63, 3.8) is 0 Å². The van der Waals surface area contributed by atoms with Crippen LogP contribution in [0.2, 0.25) is 0 Å². The normalized spacial score (nSPS) is 10.8. The van der Waals surface area contributed by atoms with Crippen LogP contribution in [0.15, 0.2) is 51.0 Å². The fourth-order valence-electron chi connectivity index (χ4n) is 2.12. The topological polar surface area (TPSA) is 59.3 Å². The number of thiophene rings is 1. The molecule has 0 aliphatic rings. The Morgan fingerprint density at radius 2 is 2.14 bits per heavy atom. The summed E-state index contributed by atoms with van der Waals surface area (Å²) in [6.07, 6.45) is 0.704. The molecule has 0 spiro atoms. The molecule has 4 nitrogen and oxygen atoms in total. The molecule has 1 aromatic carbocycles. The summed E-state index contributed by atoms with van der Waals surface area (Å²) in [5, 5.41) is 5.25. The maximum Gasteiger partial charge on any atom is 0.344 e. The van der Waals surface area contributed by atoms with Gasteiger partial charge in [-0.1, -0.05) is 6.07 Å². The lowest BCUT2D eigenvalue weighted by Gasteiger charge is -2.04. The zero-order chi connectivity index (χ0) is 15.5. The van der Waals surface area contributed by atoms with Gasteiger partial charge in [-0.05, 0) is 47.5 Å². The van der Waals surface area contributed by atoms with Crippen molar-refractivity contribution in [1.29, 1.82) is 0 Å². The minimum absolute atomic E-state index is 0.116. The summed E-state index contributed by atoms with van der Waals surface area (Å²) in [4.78, 5) is 25.0. The Hall–Kier alpha value is -2.47. The van der Waals surface area contributed by atoms with Crippen LogP contribution < -0.4 is 10.9 Å². The van der Waals surface area contributed by atoms with E-state index in [1.165, 1.54) is 24.3 Å². The van der Waals surface area contributed by atoms with Crippen LogP contribution in [0.3, 0.4) is 0 Å². The van der Waals surface area contributed by atoms with Crippen molar-refractivity contribution in [2.45, 2.75) is 6.42 Å². The average molecular weight is 317 g/mol. The molecule has 0 atom stereocenters. The Morgan fingerprint density at radius 3 is 2.91 bits per heavy atom. The summed E-state index contributed by atoms with van der Waals surface area (Å²) >= 11 is 1.61. The lowest BCUT2D eigenvalue weighted by Crippen LogP contribution is -2.26. The summed E-state index contributed by atoms with van der Waals surface area (Å²) in [6.45, 7) is 0.435. The first-order valence-corrected chi connectivity index (χ1v) is 7.55. The van der Waals surface area contributed by atoms with Crippen molar-refractivity contribution in [2.24, 2.45) is 0 Å². The first kappa shape index (κ1) is 14.5. The second-order valence-corrected chi connectivity index (χ2v) is 5.75. The Morgan fingerprint density at radius 1 is 1.27 bits per heavy atom. The third kappa shape index (κ3) is 3.07. The van der Waals surface area contributed by atoms with Crippen molar-refractivity contribution in [3.8, 4) is 0 Å². The Bertz CT molecular complexity index is 871. The Kier molecular flexibility index (Phi) is 4.02. The fraction of sp³-hybridized carbons (Fsp3) is 0.125. The SMILES string of the molecule is O=C(NCCc1cccs1)c1cc2cc(F)ccc2c(=O)o1. The number of nitrogens with one attached hydrogen (secondary N) is 1. The van der Waals surface area contributed by atoms with Crippen LogP contribution in [-0.4, -0.2) is 12.5 Å². The van der Waals surface area contributed by atoms with E-state index in [2.05, 4.69) is 5.32 Å². The molecule has 2 aromatic heterocycles. The van der Waals surface area contributed by atoms with Crippen molar-refractivity contribution in [2.75, 3.05) is 6.54 Å². The van der Waals surface area contributed by atoms with E-state index in [1.807, 2.05) is 17.5 Å². The maximum atomic E-state index is 13.2. The molecule has 0 radical (unpaired) electrons. The molecule has 0 aliphatic heterocycles. The number of carbonyl (C=O) groups is 1. The minimum Gasteiger partial charge on any atom is -0.417 e. The molecule has 0 bridgehead atoms. The van der Waals surface area contributed by atoms with Gasteiger partial charge in [-0.25, -0.2) is 9.18 Å². The summed E-state index contributed by atoms with van der Waals surface area (Å²) in [6, 6.07) is 9.03. The summed E-state index contributed by atoms with van der Waals surface area (Å²) < 4.78 is 18.2. The van der Waals surface area contributed by atoms with Crippen LogP contribution in [-0.2, 0) is 6.42 Å². The molecule has 1 amide bonds. The van der Waals surface area contributed by atoms with Crippen LogP contribution in [0.4, 0.5) is 4.39 Å². The predicted molar refractivity (Wildman–Crippen MR) is 82.8 cm³/mol. The maximum absolute atomic E-state index is 13.2. The van der Waals surface area contributed by atoms with Crippen LogP contribution in [0.5, 0.6) is 0 Å². The second-order valence-electron chi connectivity index (χ2n) is 4.71. The van der Waals surface area contributed by atoms with E-state index in [0.717, 1.165) is 4.88 Å². The zero-order valence-electron chi connectivity index (χ0n) is 11.5. The molecule has 3 rings (SSSR count). The van der Waals surface area contributed by atoms with Gasteiger partial charge in [0.1, 0.15) is 5.82 Å². The number of hydrogen-bond donors (Lipinski definition) is 1. The molecular formula is C16H12FNO3S. The summed E-state index contributed by atoms with van der Waals surface area (Å²) in [5.74, 6) is -1.07. The van der Waals surface area contributed by atoms with Crippen molar-refractivity contribution in [1.82, 2.24) is 5.32 Å². The van der Waals surface area contributed by atoms with Gasteiger partial charge < -0.3 is 9.73 Å². The minimum atomic E-state index is -0.652. The van der Waals surface area contributed by atoms with E-state index in [1.54, 1.807) is 11.3 Å². The van der Waals surface area contributed by atoms with Crippen molar-refractivity contribution in [3.05, 3.63) is 68.7 Å². The van der Waals surface area contributed by atoms with E-state index in [9.17, 15) is 14.0 Å². The molecule has 0 aliphatic carbocycles. The molecule has 1 N–H and O–H groups in total. The van der Waals surface area contributed by atoms with Gasteiger partial charge in [0, 0.05) is 11.4 Å². The first-order valence-electron chi connectivity index (χ1n) is 6.67.